The average molecular weight is 192 g/mol. The topological polar surface area (TPSA) is 79.4 Å². The zero-order valence-electron chi connectivity index (χ0n) is 7.21. The van der Waals surface area contributed by atoms with Gasteiger partial charge < -0.3 is 14.7 Å². The monoisotopic (exact) mass is 192 g/mol. The van der Waals surface area contributed by atoms with E-state index in [0.717, 1.165) is 0 Å². The first-order chi connectivity index (χ1) is 6.81. The number of aromatic nitrogens is 2. The number of hydrogen-bond acceptors (Lipinski definition) is 5. The van der Waals surface area contributed by atoms with E-state index in [1.807, 2.05) is 0 Å². The normalized spacial score (nSPS) is 10.4. The quantitative estimate of drug-likeness (QED) is 0.740. The van der Waals surface area contributed by atoms with Crippen molar-refractivity contribution in [1.29, 1.82) is 0 Å². The van der Waals surface area contributed by atoms with Gasteiger partial charge in [-0.2, -0.15) is 4.98 Å². The lowest BCUT2D eigenvalue weighted by Crippen LogP contribution is -1.83. The molecule has 0 atom stereocenters. The third-order valence-corrected chi connectivity index (χ3v) is 1.75. The molecule has 2 N–H and O–H groups in total. The smallest absolute Gasteiger partial charge is 0.252 e. The van der Waals surface area contributed by atoms with Crippen molar-refractivity contribution in [1.82, 2.24) is 10.1 Å². The maximum Gasteiger partial charge on any atom is 0.252 e. The Morgan fingerprint density at radius 2 is 2.07 bits per heavy atom. The van der Waals surface area contributed by atoms with Crippen molar-refractivity contribution in [3.63, 3.8) is 0 Å². The highest BCUT2D eigenvalue weighted by Gasteiger charge is 2.10. The Kier molecular flexibility index (Phi) is 2.16. The Morgan fingerprint density at radius 1 is 1.29 bits per heavy atom. The van der Waals surface area contributed by atoms with Gasteiger partial charge in [-0.1, -0.05) is 17.3 Å². The molecule has 0 aliphatic heterocycles. The van der Waals surface area contributed by atoms with Crippen LogP contribution in [0, 0.1) is 0 Å². The van der Waals surface area contributed by atoms with Crippen molar-refractivity contribution < 1.29 is 14.7 Å². The molecule has 2 rings (SSSR count). The van der Waals surface area contributed by atoms with Crippen LogP contribution in [-0.4, -0.2) is 20.4 Å². The fourth-order valence-corrected chi connectivity index (χ4v) is 1.09. The predicted octanol–water partition coefficient (Wildman–Crippen LogP) is 0.934. The van der Waals surface area contributed by atoms with Crippen LogP contribution in [0.15, 0.2) is 28.8 Å². The van der Waals surface area contributed by atoms with E-state index in [4.69, 9.17) is 9.63 Å². The molecular weight excluding hydrogens is 184 g/mol. The summed E-state index contributed by atoms with van der Waals surface area (Å²) in [6.45, 7) is -0.305. The molecule has 0 unspecified atom stereocenters. The largest absolute Gasteiger partial charge is 0.507 e. The number of aliphatic hydroxyl groups excluding tert-OH is 1. The maximum absolute atomic E-state index is 9.46. The van der Waals surface area contributed by atoms with Gasteiger partial charge in [0.2, 0.25) is 5.82 Å². The van der Waals surface area contributed by atoms with Gasteiger partial charge in [-0.3, -0.25) is 0 Å². The first-order valence-electron chi connectivity index (χ1n) is 4.03. The van der Waals surface area contributed by atoms with Crippen LogP contribution < -0.4 is 0 Å². The molecule has 1 aromatic carbocycles. The van der Waals surface area contributed by atoms with Gasteiger partial charge in [-0.25, -0.2) is 0 Å². The number of benzene rings is 1. The fraction of sp³-hybridized carbons (Fsp3) is 0.111. The summed E-state index contributed by atoms with van der Waals surface area (Å²) in [5, 5.41) is 21.8. The molecule has 2 aromatic rings. The molecule has 5 nitrogen and oxygen atoms in total. The minimum absolute atomic E-state index is 0.0813. The second kappa shape index (κ2) is 3.47. The number of para-hydroxylation sites is 1. The van der Waals surface area contributed by atoms with Crippen LogP contribution in [0.1, 0.15) is 5.89 Å². The molecule has 0 aliphatic rings. The lowest BCUT2D eigenvalue weighted by Gasteiger charge is -1.96. The van der Waals surface area contributed by atoms with Crippen molar-refractivity contribution in [2.75, 3.05) is 0 Å². The first-order valence-corrected chi connectivity index (χ1v) is 4.03. The summed E-state index contributed by atoms with van der Waals surface area (Å²) in [5.41, 5.74) is 0.482. The number of phenolic OH excluding ortho intramolecular Hbond substituents is 1. The SMILES string of the molecule is OCc1nc(-c2ccccc2O)no1. The van der Waals surface area contributed by atoms with Gasteiger partial charge in [-0.15, -0.1) is 0 Å². The third kappa shape index (κ3) is 1.45. The molecule has 0 saturated carbocycles. The van der Waals surface area contributed by atoms with Gasteiger partial charge in [0.1, 0.15) is 12.4 Å². The number of aliphatic hydroxyl groups is 1. The average Bonchev–Trinajstić information content (AvgIpc) is 2.67. The molecule has 0 fully saturated rings. The summed E-state index contributed by atoms with van der Waals surface area (Å²) in [6.07, 6.45) is 0. The van der Waals surface area contributed by atoms with Crippen LogP contribution in [-0.2, 0) is 6.61 Å². The molecule has 0 radical (unpaired) electrons. The molecule has 0 aliphatic carbocycles. The Balaban J connectivity index is 2.44. The summed E-state index contributed by atoms with van der Waals surface area (Å²) >= 11 is 0. The Morgan fingerprint density at radius 3 is 2.71 bits per heavy atom. The van der Waals surface area contributed by atoms with E-state index in [0.29, 0.717) is 5.56 Å². The Hall–Kier alpha value is -1.88. The standard InChI is InChI=1S/C9H8N2O3/c12-5-8-10-9(11-14-8)6-3-1-2-4-7(6)13/h1-4,12-13H,5H2. The first kappa shape index (κ1) is 8.71. The van der Waals surface area contributed by atoms with Crippen molar-refractivity contribution in [2.24, 2.45) is 0 Å². The lowest BCUT2D eigenvalue weighted by molar-refractivity contribution is 0.222. The Labute approximate surface area is 79.6 Å². The molecule has 5 heteroatoms. The van der Waals surface area contributed by atoms with E-state index in [1.54, 1.807) is 18.2 Å². The minimum Gasteiger partial charge on any atom is -0.507 e. The molecule has 1 aromatic heterocycles. The molecule has 0 spiro atoms. The summed E-state index contributed by atoms with van der Waals surface area (Å²) < 4.78 is 4.70. The van der Waals surface area contributed by atoms with Crippen LogP contribution in [0.4, 0.5) is 0 Å². The van der Waals surface area contributed by atoms with Crippen LogP contribution >= 0.6 is 0 Å². The zero-order valence-corrected chi connectivity index (χ0v) is 7.21. The number of nitrogens with zero attached hydrogens (tertiary/aromatic N) is 2. The van der Waals surface area contributed by atoms with Crippen molar-refractivity contribution in [2.45, 2.75) is 6.61 Å². The lowest BCUT2D eigenvalue weighted by atomic mass is 10.2. The van der Waals surface area contributed by atoms with E-state index in [2.05, 4.69) is 10.1 Å². The fourth-order valence-electron chi connectivity index (χ4n) is 1.09. The number of hydrogen-bond donors (Lipinski definition) is 2. The van der Waals surface area contributed by atoms with E-state index in [-0.39, 0.29) is 24.1 Å². The molecule has 0 amide bonds. The van der Waals surface area contributed by atoms with Crippen LogP contribution in [0.2, 0.25) is 0 Å². The van der Waals surface area contributed by atoms with E-state index >= 15 is 0 Å². The third-order valence-electron chi connectivity index (χ3n) is 1.75. The number of aromatic hydroxyl groups is 1. The highest BCUT2D eigenvalue weighted by Crippen LogP contribution is 2.25. The number of phenols is 1. The van der Waals surface area contributed by atoms with Gasteiger partial charge in [0.25, 0.3) is 5.89 Å². The predicted molar refractivity (Wildman–Crippen MR) is 47.3 cm³/mol. The maximum atomic E-state index is 9.46. The van der Waals surface area contributed by atoms with Crippen molar-refractivity contribution in [3.05, 3.63) is 30.2 Å². The molecule has 0 saturated heterocycles. The molecular formula is C9H8N2O3. The summed E-state index contributed by atoms with van der Waals surface area (Å²) in [4.78, 5) is 3.87. The Bertz CT molecular complexity index is 439. The van der Waals surface area contributed by atoms with Gasteiger partial charge in [0.15, 0.2) is 0 Å². The highest BCUT2D eigenvalue weighted by atomic mass is 16.5. The summed E-state index contributed by atoms with van der Waals surface area (Å²) in [7, 11) is 0. The highest BCUT2D eigenvalue weighted by molar-refractivity contribution is 5.62. The van der Waals surface area contributed by atoms with Gasteiger partial charge in [-0.05, 0) is 12.1 Å². The second-order valence-corrected chi connectivity index (χ2v) is 2.69. The van der Waals surface area contributed by atoms with Crippen LogP contribution in [0.5, 0.6) is 5.75 Å². The molecule has 72 valence electrons. The van der Waals surface area contributed by atoms with Crippen LogP contribution in [0.3, 0.4) is 0 Å². The van der Waals surface area contributed by atoms with E-state index in [1.165, 1.54) is 6.07 Å². The number of rotatable bonds is 2. The molecule has 1 heterocycles. The summed E-state index contributed by atoms with van der Waals surface area (Å²) in [5.74, 6) is 0.480. The molecule has 0 bridgehead atoms. The second-order valence-electron chi connectivity index (χ2n) is 2.69. The van der Waals surface area contributed by atoms with Gasteiger partial charge in [0, 0.05) is 0 Å². The molecule has 14 heavy (non-hydrogen) atoms. The van der Waals surface area contributed by atoms with Crippen molar-refractivity contribution >= 4 is 0 Å². The van der Waals surface area contributed by atoms with Gasteiger partial charge in [0.05, 0.1) is 5.56 Å². The van der Waals surface area contributed by atoms with Crippen molar-refractivity contribution in [3.8, 4) is 17.1 Å². The summed E-state index contributed by atoms with van der Waals surface area (Å²) in [6, 6.07) is 6.65. The zero-order chi connectivity index (χ0) is 9.97. The van der Waals surface area contributed by atoms with E-state index < -0.39 is 0 Å². The van der Waals surface area contributed by atoms with E-state index in [9.17, 15) is 5.11 Å². The van der Waals surface area contributed by atoms with Gasteiger partial charge >= 0.3 is 0 Å². The minimum atomic E-state index is -0.305. The van der Waals surface area contributed by atoms with Crippen LogP contribution in [0.25, 0.3) is 11.4 Å².